The highest BCUT2D eigenvalue weighted by molar-refractivity contribution is 5.84. The fraction of sp³-hybridized carbons (Fsp3) is 0.500. The second kappa shape index (κ2) is 7.72. The molecule has 1 aliphatic rings. The fourth-order valence-corrected chi connectivity index (χ4v) is 3.52. The molecule has 1 aromatic carbocycles. The van der Waals surface area contributed by atoms with Crippen molar-refractivity contribution in [2.24, 2.45) is 0 Å². The first kappa shape index (κ1) is 17.5. The van der Waals surface area contributed by atoms with Gasteiger partial charge in [-0.2, -0.15) is 5.10 Å². The zero-order valence-corrected chi connectivity index (χ0v) is 15.5. The van der Waals surface area contributed by atoms with Crippen LogP contribution in [0.5, 0.6) is 0 Å². The number of aromatic nitrogens is 2. The first-order valence-electron chi connectivity index (χ1n) is 9.25. The third kappa shape index (κ3) is 3.86. The number of hydrogen-bond acceptors (Lipinski definition) is 3. The number of nitrogens with one attached hydrogen (secondary N) is 1. The summed E-state index contributed by atoms with van der Waals surface area (Å²) in [5.74, 6) is 0.188. The third-order valence-electron chi connectivity index (χ3n) is 4.94. The second-order valence-electron chi connectivity index (χ2n) is 6.90. The van der Waals surface area contributed by atoms with Crippen molar-refractivity contribution in [3.05, 3.63) is 41.7 Å². The summed E-state index contributed by atoms with van der Waals surface area (Å²) in [5.41, 5.74) is 3.93. The molecule has 1 fully saturated rings. The van der Waals surface area contributed by atoms with Crippen LogP contribution in [0.4, 0.5) is 5.69 Å². The van der Waals surface area contributed by atoms with Gasteiger partial charge in [-0.3, -0.25) is 4.79 Å². The van der Waals surface area contributed by atoms with Gasteiger partial charge in [0.15, 0.2) is 0 Å². The number of aryl methyl sites for hydroxylation is 1. The maximum Gasteiger partial charge on any atom is 0.244 e. The smallest absolute Gasteiger partial charge is 0.244 e. The number of carbonyl (C=O) groups is 1. The molecule has 1 aromatic heterocycles. The van der Waals surface area contributed by atoms with Gasteiger partial charge in [-0.15, -0.1) is 0 Å². The monoisotopic (exact) mass is 340 g/mol. The van der Waals surface area contributed by atoms with E-state index < -0.39 is 0 Å². The highest BCUT2D eigenvalue weighted by Gasteiger charge is 2.23. The third-order valence-corrected chi connectivity index (χ3v) is 4.94. The topological polar surface area (TPSA) is 50.2 Å². The minimum absolute atomic E-state index is 0.188. The van der Waals surface area contributed by atoms with Crippen LogP contribution < -0.4 is 5.32 Å². The van der Waals surface area contributed by atoms with Crippen LogP contribution in [-0.4, -0.2) is 39.7 Å². The molecule has 0 bridgehead atoms. The van der Waals surface area contributed by atoms with Crippen LogP contribution in [-0.2, 0) is 4.79 Å². The molecule has 134 valence electrons. The molecule has 2 heterocycles. The van der Waals surface area contributed by atoms with Crippen LogP contribution in [0.25, 0.3) is 5.69 Å². The summed E-state index contributed by atoms with van der Waals surface area (Å²) in [6.07, 6.45) is 4.69. The minimum Gasteiger partial charge on any atom is -0.371 e. The molecule has 0 saturated carbocycles. The van der Waals surface area contributed by atoms with E-state index in [-0.39, 0.29) is 11.9 Å². The van der Waals surface area contributed by atoms with Crippen LogP contribution >= 0.6 is 0 Å². The summed E-state index contributed by atoms with van der Waals surface area (Å²) >= 11 is 0. The fourth-order valence-electron chi connectivity index (χ4n) is 3.52. The van der Waals surface area contributed by atoms with Crippen LogP contribution in [0, 0.1) is 13.8 Å². The number of nitrogens with zero attached hydrogens (tertiary/aromatic N) is 3. The Morgan fingerprint density at radius 3 is 2.36 bits per heavy atom. The van der Waals surface area contributed by atoms with Crippen molar-refractivity contribution in [1.82, 2.24) is 14.7 Å². The second-order valence-corrected chi connectivity index (χ2v) is 6.90. The Kier molecular flexibility index (Phi) is 5.41. The number of rotatable bonds is 4. The van der Waals surface area contributed by atoms with Crippen molar-refractivity contribution >= 4 is 11.6 Å². The van der Waals surface area contributed by atoms with Crippen molar-refractivity contribution in [1.29, 1.82) is 0 Å². The van der Waals surface area contributed by atoms with Gasteiger partial charge in [0, 0.05) is 13.1 Å². The number of hydrogen-bond donors (Lipinski definition) is 1. The summed E-state index contributed by atoms with van der Waals surface area (Å²) in [5, 5.41) is 8.06. The molecular formula is C20H28N4O. The molecule has 5 heteroatoms. The number of likely N-dealkylation sites (tertiary alicyclic amines) is 1. The van der Waals surface area contributed by atoms with E-state index in [1.54, 1.807) is 0 Å². The predicted octanol–water partition coefficient (Wildman–Crippen LogP) is 3.69. The van der Waals surface area contributed by atoms with Crippen molar-refractivity contribution in [3.63, 3.8) is 0 Å². The molecule has 0 spiro atoms. The van der Waals surface area contributed by atoms with Crippen molar-refractivity contribution < 1.29 is 4.79 Å². The summed E-state index contributed by atoms with van der Waals surface area (Å²) in [7, 11) is 0. The van der Waals surface area contributed by atoms with Crippen LogP contribution in [0.2, 0.25) is 0 Å². The van der Waals surface area contributed by atoms with Gasteiger partial charge in [0.1, 0.15) is 6.04 Å². The van der Waals surface area contributed by atoms with Crippen molar-refractivity contribution in [2.45, 2.75) is 52.5 Å². The Bertz CT molecular complexity index is 715. The molecule has 1 atom stereocenters. The van der Waals surface area contributed by atoms with Crippen LogP contribution in [0.15, 0.2) is 30.3 Å². The molecule has 2 aromatic rings. The summed E-state index contributed by atoms with van der Waals surface area (Å²) in [6, 6.07) is 9.83. The van der Waals surface area contributed by atoms with Gasteiger partial charge in [0.2, 0.25) is 5.91 Å². The van der Waals surface area contributed by atoms with Crippen molar-refractivity contribution in [3.8, 4) is 5.69 Å². The lowest BCUT2D eigenvalue weighted by molar-refractivity contribution is -0.131. The Labute approximate surface area is 150 Å². The maximum atomic E-state index is 12.8. The summed E-state index contributed by atoms with van der Waals surface area (Å²) in [4.78, 5) is 14.8. The highest BCUT2D eigenvalue weighted by atomic mass is 16.2. The molecule has 1 amide bonds. The Morgan fingerprint density at radius 2 is 1.72 bits per heavy atom. The van der Waals surface area contributed by atoms with Gasteiger partial charge in [-0.1, -0.05) is 31.0 Å². The van der Waals surface area contributed by atoms with Gasteiger partial charge in [0.25, 0.3) is 0 Å². The summed E-state index contributed by atoms with van der Waals surface area (Å²) < 4.78 is 1.93. The summed E-state index contributed by atoms with van der Waals surface area (Å²) in [6.45, 7) is 7.74. The first-order chi connectivity index (χ1) is 12.1. The molecule has 3 rings (SSSR count). The van der Waals surface area contributed by atoms with E-state index in [0.29, 0.717) is 0 Å². The van der Waals surface area contributed by atoms with E-state index in [9.17, 15) is 4.79 Å². The number of carbonyl (C=O) groups excluding carboxylic acids is 1. The van der Waals surface area contributed by atoms with Crippen LogP contribution in [0.1, 0.15) is 44.0 Å². The van der Waals surface area contributed by atoms with E-state index in [0.717, 1.165) is 48.7 Å². The van der Waals surface area contributed by atoms with Crippen LogP contribution in [0.3, 0.4) is 0 Å². The van der Waals surface area contributed by atoms with Gasteiger partial charge in [0.05, 0.1) is 22.8 Å². The van der Waals surface area contributed by atoms with E-state index in [1.807, 2.05) is 60.7 Å². The van der Waals surface area contributed by atoms with Gasteiger partial charge >= 0.3 is 0 Å². The van der Waals surface area contributed by atoms with E-state index in [4.69, 9.17) is 0 Å². The Morgan fingerprint density at radius 1 is 1.08 bits per heavy atom. The molecule has 1 N–H and O–H groups in total. The Balaban J connectivity index is 1.76. The molecule has 0 aliphatic carbocycles. The molecule has 25 heavy (non-hydrogen) atoms. The normalized spacial score (nSPS) is 16.4. The molecule has 5 nitrogen and oxygen atoms in total. The number of para-hydroxylation sites is 1. The molecule has 1 unspecified atom stereocenters. The van der Waals surface area contributed by atoms with E-state index >= 15 is 0 Å². The molecule has 0 radical (unpaired) electrons. The predicted molar refractivity (Wildman–Crippen MR) is 101 cm³/mol. The standard InChI is InChI=1S/C20H28N4O/c1-15-19(17(3)24(22-15)18-11-7-6-8-12-18)21-16(2)20(25)23-13-9-4-5-10-14-23/h6-8,11-12,16,21H,4-5,9-10,13-14H2,1-3H3. The maximum absolute atomic E-state index is 12.8. The van der Waals surface area contributed by atoms with Crippen molar-refractivity contribution in [2.75, 3.05) is 18.4 Å². The van der Waals surface area contributed by atoms with E-state index in [1.165, 1.54) is 12.8 Å². The number of benzene rings is 1. The molecule has 1 aliphatic heterocycles. The SMILES string of the molecule is Cc1nn(-c2ccccc2)c(C)c1NC(C)C(=O)N1CCCCCC1. The lowest BCUT2D eigenvalue weighted by atomic mass is 10.2. The number of amides is 1. The zero-order valence-electron chi connectivity index (χ0n) is 15.5. The largest absolute Gasteiger partial charge is 0.371 e. The zero-order chi connectivity index (χ0) is 17.8. The highest BCUT2D eigenvalue weighted by Crippen LogP contribution is 2.24. The minimum atomic E-state index is -0.246. The average molecular weight is 340 g/mol. The molecular weight excluding hydrogens is 312 g/mol. The molecule has 1 saturated heterocycles. The average Bonchev–Trinajstić information content (AvgIpc) is 2.83. The van der Waals surface area contributed by atoms with Gasteiger partial charge < -0.3 is 10.2 Å². The quantitative estimate of drug-likeness (QED) is 0.923. The van der Waals surface area contributed by atoms with Gasteiger partial charge in [-0.05, 0) is 45.7 Å². The first-order valence-corrected chi connectivity index (χ1v) is 9.25. The van der Waals surface area contributed by atoms with E-state index in [2.05, 4.69) is 10.4 Å². The Hall–Kier alpha value is -2.30. The lowest BCUT2D eigenvalue weighted by Gasteiger charge is -2.25. The van der Waals surface area contributed by atoms with Gasteiger partial charge in [-0.25, -0.2) is 4.68 Å². The lowest BCUT2D eigenvalue weighted by Crippen LogP contribution is -2.42. The number of anilines is 1.